The number of hydrogen-bond donors (Lipinski definition) is 1. The molecule has 1 saturated heterocycles. The maximum atomic E-state index is 14.1. The Morgan fingerprint density at radius 1 is 1.25 bits per heavy atom. The number of aliphatic hydroxyl groups is 1. The molecule has 1 saturated carbocycles. The zero-order valence-electron chi connectivity index (χ0n) is 12.3. The molecule has 2 unspecified atom stereocenters. The van der Waals surface area contributed by atoms with Crippen LogP contribution in [-0.4, -0.2) is 16.8 Å². The van der Waals surface area contributed by atoms with E-state index in [1.807, 2.05) is 12.1 Å². The van der Waals surface area contributed by atoms with Gasteiger partial charge in [0, 0.05) is 5.56 Å². The third-order valence-electron chi connectivity index (χ3n) is 5.38. The van der Waals surface area contributed by atoms with E-state index in [4.69, 9.17) is 4.74 Å². The van der Waals surface area contributed by atoms with Crippen molar-refractivity contribution in [2.24, 2.45) is 17.8 Å². The van der Waals surface area contributed by atoms with Gasteiger partial charge in [-0.3, -0.25) is 0 Å². The maximum Gasteiger partial charge on any atom is 0.129 e. The lowest BCUT2D eigenvalue weighted by Crippen LogP contribution is -2.52. The van der Waals surface area contributed by atoms with Gasteiger partial charge in [0.05, 0.1) is 17.8 Å². The van der Waals surface area contributed by atoms with Crippen LogP contribution in [0.4, 0.5) is 4.39 Å². The molecule has 0 amide bonds. The predicted molar refractivity (Wildman–Crippen MR) is 75.7 cm³/mol. The molecule has 2 aliphatic rings. The Hall–Kier alpha value is -0.930. The van der Waals surface area contributed by atoms with Crippen LogP contribution in [0.25, 0.3) is 0 Å². The van der Waals surface area contributed by atoms with Crippen LogP contribution in [0.2, 0.25) is 0 Å². The Morgan fingerprint density at radius 3 is 2.65 bits per heavy atom. The number of rotatable bonds is 1. The summed E-state index contributed by atoms with van der Waals surface area (Å²) in [6, 6.07) is 6.85. The fourth-order valence-corrected chi connectivity index (χ4v) is 3.91. The molecule has 20 heavy (non-hydrogen) atoms. The van der Waals surface area contributed by atoms with Gasteiger partial charge in [-0.05, 0) is 50.5 Å². The summed E-state index contributed by atoms with van der Waals surface area (Å²) in [5.41, 5.74) is 0.315. The zero-order chi connectivity index (χ0) is 14.5. The first-order valence-electron chi connectivity index (χ1n) is 7.50. The maximum absolute atomic E-state index is 14.1. The quantitative estimate of drug-likeness (QED) is 0.848. The van der Waals surface area contributed by atoms with Gasteiger partial charge in [0.15, 0.2) is 0 Å². The standard InChI is InChI=1S/C17H23FO2/c1-10-13-8-11(9-15(10)19)17(2,3)20-16(13)12-6-4-5-7-14(12)18/h4-7,10-11,13,15-16,19H,8-9H2,1-3H3/t10-,11?,13?,15-,16-/m0/s1. The van der Waals surface area contributed by atoms with Gasteiger partial charge in [-0.1, -0.05) is 25.1 Å². The molecule has 2 bridgehead atoms. The van der Waals surface area contributed by atoms with E-state index < -0.39 is 0 Å². The summed E-state index contributed by atoms with van der Waals surface area (Å²) >= 11 is 0. The van der Waals surface area contributed by atoms with E-state index in [9.17, 15) is 9.50 Å². The first-order valence-corrected chi connectivity index (χ1v) is 7.50. The van der Waals surface area contributed by atoms with Gasteiger partial charge in [0.2, 0.25) is 0 Å². The molecule has 2 fully saturated rings. The average molecular weight is 278 g/mol. The Balaban J connectivity index is 2.00. The van der Waals surface area contributed by atoms with Crippen LogP contribution < -0.4 is 0 Å². The molecular formula is C17H23FO2. The number of aliphatic hydroxyl groups excluding tert-OH is 1. The van der Waals surface area contributed by atoms with Crippen LogP contribution in [-0.2, 0) is 4.74 Å². The lowest BCUT2D eigenvalue weighted by molar-refractivity contribution is -0.216. The third kappa shape index (κ3) is 2.17. The molecular weight excluding hydrogens is 255 g/mol. The average Bonchev–Trinajstić information content (AvgIpc) is 2.39. The second-order valence-corrected chi connectivity index (χ2v) is 6.92. The molecule has 3 heteroatoms. The minimum absolute atomic E-state index is 0.145. The lowest BCUT2D eigenvalue weighted by Gasteiger charge is -2.53. The van der Waals surface area contributed by atoms with Crippen molar-refractivity contribution < 1.29 is 14.2 Å². The number of benzene rings is 1. The van der Waals surface area contributed by atoms with Crippen LogP contribution in [0, 0.1) is 23.6 Å². The van der Waals surface area contributed by atoms with Crippen molar-refractivity contribution in [3.05, 3.63) is 35.6 Å². The minimum Gasteiger partial charge on any atom is -0.393 e. The van der Waals surface area contributed by atoms with Crippen LogP contribution >= 0.6 is 0 Å². The molecule has 0 aromatic heterocycles. The van der Waals surface area contributed by atoms with Crippen molar-refractivity contribution >= 4 is 0 Å². The van der Waals surface area contributed by atoms with E-state index in [0.717, 1.165) is 12.8 Å². The molecule has 2 nitrogen and oxygen atoms in total. The molecule has 5 atom stereocenters. The topological polar surface area (TPSA) is 29.5 Å². The Bertz CT molecular complexity index is 500. The Morgan fingerprint density at radius 2 is 1.95 bits per heavy atom. The highest BCUT2D eigenvalue weighted by Crippen LogP contribution is 2.53. The number of fused-ring (bicyclic) bond motifs is 2. The van der Waals surface area contributed by atoms with Crippen molar-refractivity contribution in [2.45, 2.75) is 51.4 Å². The van der Waals surface area contributed by atoms with Gasteiger partial charge in [-0.25, -0.2) is 4.39 Å². The fourth-order valence-electron chi connectivity index (χ4n) is 3.91. The van der Waals surface area contributed by atoms with E-state index in [1.54, 1.807) is 6.07 Å². The molecule has 110 valence electrons. The van der Waals surface area contributed by atoms with Gasteiger partial charge in [-0.2, -0.15) is 0 Å². The molecule has 1 N–H and O–H groups in total. The van der Waals surface area contributed by atoms with Crippen molar-refractivity contribution in [3.63, 3.8) is 0 Å². The molecule has 1 aromatic rings. The Labute approximate surface area is 120 Å². The number of ether oxygens (including phenoxy) is 1. The zero-order valence-corrected chi connectivity index (χ0v) is 12.3. The normalized spacial score (nSPS) is 39.5. The molecule has 1 aliphatic heterocycles. The van der Waals surface area contributed by atoms with E-state index in [1.165, 1.54) is 6.07 Å². The molecule has 1 heterocycles. The molecule has 3 rings (SSSR count). The van der Waals surface area contributed by atoms with E-state index in [-0.39, 0.29) is 35.5 Å². The highest BCUT2D eigenvalue weighted by molar-refractivity contribution is 5.22. The van der Waals surface area contributed by atoms with E-state index in [2.05, 4.69) is 20.8 Å². The van der Waals surface area contributed by atoms with Crippen LogP contribution in [0.1, 0.15) is 45.3 Å². The monoisotopic (exact) mass is 278 g/mol. The first kappa shape index (κ1) is 14.0. The lowest BCUT2D eigenvalue weighted by atomic mass is 9.63. The summed E-state index contributed by atoms with van der Waals surface area (Å²) < 4.78 is 20.4. The highest BCUT2D eigenvalue weighted by Gasteiger charge is 2.50. The fraction of sp³-hybridized carbons (Fsp3) is 0.647. The summed E-state index contributed by atoms with van der Waals surface area (Å²) in [5, 5.41) is 10.3. The van der Waals surface area contributed by atoms with Crippen molar-refractivity contribution in [1.29, 1.82) is 0 Å². The SMILES string of the molecule is C[C@H]1C2CC(C[C@@H]1O)C(C)(C)O[C@H]2c1ccccc1F. The third-order valence-corrected chi connectivity index (χ3v) is 5.38. The Kier molecular flexibility index (Phi) is 3.38. The van der Waals surface area contributed by atoms with Gasteiger partial charge in [0.1, 0.15) is 5.82 Å². The number of halogens is 1. The van der Waals surface area contributed by atoms with Crippen LogP contribution in [0.15, 0.2) is 24.3 Å². The van der Waals surface area contributed by atoms with Crippen LogP contribution in [0.5, 0.6) is 0 Å². The molecule has 0 radical (unpaired) electrons. The molecule has 1 aliphatic carbocycles. The summed E-state index contributed by atoms with van der Waals surface area (Å²) in [7, 11) is 0. The summed E-state index contributed by atoms with van der Waals surface area (Å²) in [5.74, 6) is 0.473. The van der Waals surface area contributed by atoms with Crippen molar-refractivity contribution in [3.8, 4) is 0 Å². The molecule has 0 spiro atoms. The first-order chi connectivity index (χ1) is 9.40. The number of hydrogen-bond acceptors (Lipinski definition) is 2. The van der Waals surface area contributed by atoms with Crippen molar-refractivity contribution in [2.75, 3.05) is 0 Å². The summed E-state index contributed by atoms with van der Waals surface area (Å²) in [6.07, 6.45) is 1.22. The van der Waals surface area contributed by atoms with Crippen LogP contribution in [0.3, 0.4) is 0 Å². The van der Waals surface area contributed by atoms with Gasteiger partial charge in [-0.15, -0.1) is 0 Å². The smallest absolute Gasteiger partial charge is 0.129 e. The highest BCUT2D eigenvalue weighted by atomic mass is 19.1. The second kappa shape index (κ2) is 4.81. The van der Waals surface area contributed by atoms with Gasteiger partial charge >= 0.3 is 0 Å². The predicted octanol–water partition coefficient (Wildman–Crippen LogP) is 3.70. The molecule has 1 aromatic carbocycles. The van der Waals surface area contributed by atoms with Crippen molar-refractivity contribution in [1.82, 2.24) is 0 Å². The van der Waals surface area contributed by atoms with E-state index in [0.29, 0.717) is 11.5 Å². The largest absolute Gasteiger partial charge is 0.393 e. The summed E-state index contributed by atoms with van der Waals surface area (Å²) in [4.78, 5) is 0. The van der Waals surface area contributed by atoms with Gasteiger partial charge < -0.3 is 9.84 Å². The van der Waals surface area contributed by atoms with E-state index >= 15 is 0 Å². The van der Waals surface area contributed by atoms with Gasteiger partial charge in [0.25, 0.3) is 0 Å². The second-order valence-electron chi connectivity index (χ2n) is 6.92. The summed E-state index contributed by atoms with van der Waals surface area (Å²) in [6.45, 7) is 6.18. The minimum atomic E-state index is -0.315.